The number of aromatic nitrogens is 1. The van der Waals surface area contributed by atoms with E-state index in [0.29, 0.717) is 28.7 Å². The van der Waals surface area contributed by atoms with E-state index >= 15 is 0 Å². The zero-order valence-electron chi connectivity index (χ0n) is 24.8. The first-order valence-electron chi connectivity index (χ1n) is 14.1. The van der Waals surface area contributed by atoms with Gasteiger partial charge in [-0.15, -0.1) is 35.4 Å². The molecular formula is C33H37N4O6-3. The smallest absolute Gasteiger partial charge is 0.303 e. The average Bonchev–Trinajstić information content (AvgIpc) is 3.59. The fraction of sp³-hybridized carbons (Fsp3) is 0.303. The summed E-state index contributed by atoms with van der Waals surface area (Å²) in [5.41, 5.74) is 7.38. The van der Waals surface area contributed by atoms with Crippen molar-refractivity contribution < 1.29 is 29.4 Å². The zero-order valence-corrected chi connectivity index (χ0v) is 24.8. The highest BCUT2D eigenvalue weighted by molar-refractivity contribution is 6.00. The van der Waals surface area contributed by atoms with Crippen molar-refractivity contribution in [2.24, 2.45) is 5.92 Å². The minimum absolute atomic E-state index is 0.0797. The van der Waals surface area contributed by atoms with Crippen molar-refractivity contribution in [2.75, 3.05) is 0 Å². The van der Waals surface area contributed by atoms with Gasteiger partial charge in [-0.05, 0) is 25.1 Å². The van der Waals surface area contributed by atoms with Crippen molar-refractivity contribution in [1.82, 2.24) is 20.9 Å². The molecule has 1 fully saturated rings. The first-order valence-corrected chi connectivity index (χ1v) is 14.1. The van der Waals surface area contributed by atoms with E-state index in [4.69, 9.17) is 0 Å². The van der Waals surface area contributed by atoms with Crippen LogP contribution in [-0.4, -0.2) is 45.0 Å². The highest BCUT2D eigenvalue weighted by Gasteiger charge is 2.26. The third-order valence-corrected chi connectivity index (χ3v) is 8.27. The summed E-state index contributed by atoms with van der Waals surface area (Å²) in [6.07, 6.45) is 9.15. The molecule has 43 heavy (non-hydrogen) atoms. The number of H-pyrrole nitrogens is 1. The van der Waals surface area contributed by atoms with Crippen LogP contribution >= 0.6 is 0 Å². The second kappa shape index (κ2) is 12.5. The summed E-state index contributed by atoms with van der Waals surface area (Å²) in [5, 5.41) is 28.1. The van der Waals surface area contributed by atoms with E-state index in [9.17, 15) is 29.4 Å². The summed E-state index contributed by atoms with van der Waals surface area (Å²) in [6, 6.07) is 0.360. The number of nitrogens with one attached hydrogen (secondary N) is 4. The molecule has 6 N–H and O–H groups in total. The van der Waals surface area contributed by atoms with Gasteiger partial charge in [-0.2, -0.15) is 36.3 Å². The van der Waals surface area contributed by atoms with Crippen molar-refractivity contribution in [1.29, 1.82) is 0 Å². The molecule has 228 valence electrons. The monoisotopic (exact) mass is 585 g/mol. The van der Waals surface area contributed by atoms with Crippen molar-refractivity contribution in [2.45, 2.75) is 59.4 Å². The molecule has 10 nitrogen and oxygen atoms in total. The first-order chi connectivity index (χ1) is 20.4. The van der Waals surface area contributed by atoms with Gasteiger partial charge in [0.1, 0.15) is 0 Å². The predicted octanol–water partition coefficient (Wildman–Crippen LogP) is 3.96. The van der Waals surface area contributed by atoms with Crippen molar-refractivity contribution >= 4 is 29.8 Å². The molecule has 4 rings (SSSR count). The molecule has 1 aromatic rings. The molecule has 0 aromatic carbocycles. The number of carbonyl (C=O) groups excluding carboxylic acids is 2. The molecule has 1 saturated heterocycles. The molecule has 0 aliphatic carbocycles. The van der Waals surface area contributed by atoms with Crippen molar-refractivity contribution in [3.8, 4) is 0 Å². The van der Waals surface area contributed by atoms with Crippen LogP contribution in [0.15, 0.2) is 65.1 Å². The molecule has 2 amide bonds. The van der Waals surface area contributed by atoms with Crippen LogP contribution in [-0.2, 0) is 25.6 Å². The fourth-order valence-corrected chi connectivity index (χ4v) is 5.67. The number of amides is 2. The van der Waals surface area contributed by atoms with Gasteiger partial charge in [0.05, 0.1) is 0 Å². The molecule has 0 radical (unpaired) electrons. The molecule has 2 unspecified atom stereocenters. The number of rotatable bonds is 12. The second-order valence-electron chi connectivity index (χ2n) is 10.9. The number of aliphatic carboxylic acids is 2. The number of hydrogen-bond acceptors (Lipinski definition) is 5. The van der Waals surface area contributed by atoms with Gasteiger partial charge in [-0.1, -0.05) is 38.5 Å². The minimum Gasteiger partial charge on any atom is -0.481 e. The van der Waals surface area contributed by atoms with Gasteiger partial charge in [0.25, 0.3) is 5.91 Å². The van der Waals surface area contributed by atoms with E-state index in [1.54, 1.807) is 13.0 Å². The Kier molecular flexibility index (Phi) is 8.99. The molecule has 1 aromatic heterocycles. The maximum absolute atomic E-state index is 12.3. The SMILES string of the molecule is C=CC1=C(C)C([CH-]c2[nH]c(/C=C3\N[C-](/C=C4\NC(=O)C(C)[C-]4C=C)C(C)=C3CCC(=O)O)c(CCC(=O)O)c2C)NC1=O. The third kappa shape index (κ3) is 6.28. The van der Waals surface area contributed by atoms with E-state index in [2.05, 4.69) is 34.1 Å². The number of hydrogen-bond donors (Lipinski definition) is 6. The van der Waals surface area contributed by atoms with Crippen LogP contribution < -0.4 is 16.0 Å². The standard InChI is InChI=1S/C33H37N4O6/c1-7-20-19(6)32(42)37-27(20)14-25-18(5)23(10-12-31(40)41)29(35-25)15-28-22(9-11-30(38)39)17(4)24(34-28)13-26-16(3)21(8-2)33(43)36-26/h7-8,13-15,19,26,34-35H,1-2,9-12H2,3-6H3,(H,36,43)(H,37,42)(H,38,39)(H,40,41)/q-3/b27-14-,29-15-. The van der Waals surface area contributed by atoms with Crippen LogP contribution in [0.25, 0.3) is 6.08 Å². The Labute approximate surface area is 251 Å². The highest BCUT2D eigenvalue weighted by Crippen LogP contribution is 2.38. The maximum atomic E-state index is 12.3. The quantitative estimate of drug-likeness (QED) is 0.202. The number of aromatic amines is 1. The Morgan fingerprint density at radius 1 is 1.07 bits per heavy atom. The summed E-state index contributed by atoms with van der Waals surface area (Å²) in [4.78, 5) is 51.1. The van der Waals surface area contributed by atoms with Crippen LogP contribution in [0.4, 0.5) is 0 Å². The summed E-state index contributed by atoms with van der Waals surface area (Å²) in [5.74, 6) is -1.75. The van der Waals surface area contributed by atoms with E-state index < -0.39 is 11.9 Å². The van der Waals surface area contributed by atoms with Crippen LogP contribution in [0.1, 0.15) is 62.5 Å². The lowest BCUT2D eigenvalue weighted by molar-refractivity contribution is -0.138. The number of carboxylic acid groups (broad SMARTS) is 2. The van der Waals surface area contributed by atoms with E-state index in [-0.39, 0.29) is 49.5 Å². The molecular weight excluding hydrogens is 548 g/mol. The molecule has 0 bridgehead atoms. The van der Waals surface area contributed by atoms with Crippen LogP contribution in [0.5, 0.6) is 0 Å². The van der Waals surface area contributed by atoms with Gasteiger partial charge in [0.15, 0.2) is 0 Å². The number of carbonyl (C=O) groups is 4. The molecule has 3 aliphatic heterocycles. The van der Waals surface area contributed by atoms with Gasteiger partial charge in [0.2, 0.25) is 5.91 Å². The Bertz CT molecular complexity index is 1520. The normalized spacial score (nSPS) is 22.0. The lowest BCUT2D eigenvalue weighted by Crippen LogP contribution is -2.29. The van der Waals surface area contributed by atoms with Crippen molar-refractivity contribution in [3.63, 3.8) is 0 Å². The van der Waals surface area contributed by atoms with Gasteiger partial charge in [-0.25, -0.2) is 6.08 Å². The third-order valence-electron chi connectivity index (χ3n) is 8.27. The van der Waals surface area contributed by atoms with Crippen LogP contribution in [0.2, 0.25) is 0 Å². The first kappa shape index (κ1) is 31.0. The second-order valence-corrected chi connectivity index (χ2v) is 10.9. The Morgan fingerprint density at radius 2 is 1.74 bits per heavy atom. The molecule has 3 aliphatic rings. The Hall–Kier alpha value is -4.99. The van der Waals surface area contributed by atoms with Gasteiger partial charge < -0.3 is 31.1 Å². The Morgan fingerprint density at radius 3 is 2.35 bits per heavy atom. The maximum Gasteiger partial charge on any atom is 0.303 e. The number of allylic oxidation sites excluding steroid dienone is 2. The molecule has 2 atom stereocenters. The van der Waals surface area contributed by atoms with E-state index in [1.165, 1.54) is 6.08 Å². The van der Waals surface area contributed by atoms with E-state index in [0.717, 1.165) is 39.5 Å². The predicted molar refractivity (Wildman–Crippen MR) is 162 cm³/mol. The van der Waals surface area contributed by atoms with Gasteiger partial charge >= 0.3 is 11.9 Å². The van der Waals surface area contributed by atoms with Crippen LogP contribution in [0, 0.1) is 31.2 Å². The highest BCUT2D eigenvalue weighted by atomic mass is 16.4. The lowest BCUT2D eigenvalue weighted by Gasteiger charge is -2.28. The summed E-state index contributed by atoms with van der Waals surface area (Å²) >= 11 is 0. The summed E-state index contributed by atoms with van der Waals surface area (Å²) < 4.78 is 0. The van der Waals surface area contributed by atoms with Gasteiger partial charge in [0, 0.05) is 36.1 Å². The largest absolute Gasteiger partial charge is 0.481 e. The lowest BCUT2D eigenvalue weighted by atomic mass is 9.93. The zero-order chi connectivity index (χ0) is 31.6. The van der Waals surface area contributed by atoms with Crippen molar-refractivity contribution in [3.05, 3.63) is 106 Å². The average molecular weight is 586 g/mol. The van der Waals surface area contributed by atoms with Crippen LogP contribution in [0.3, 0.4) is 0 Å². The minimum atomic E-state index is -0.929. The Balaban J connectivity index is 1.74. The summed E-state index contributed by atoms with van der Waals surface area (Å²) in [7, 11) is 0. The topological polar surface area (TPSA) is 161 Å². The van der Waals surface area contributed by atoms with E-state index in [1.807, 2.05) is 39.3 Å². The molecule has 0 saturated carbocycles. The van der Waals surface area contributed by atoms with Gasteiger partial charge in [-0.3, -0.25) is 19.2 Å². The molecule has 0 spiro atoms. The number of carboxylic acids is 2. The fourth-order valence-electron chi connectivity index (χ4n) is 5.67. The molecule has 10 heteroatoms. The molecule has 4 heterocycles. The summed E-state index contributed by atoms with van der Waals surface area (Å²) in [6.45, 7) is 15.0.